The van der Waals surface area contributed by atoms with Gasteiger partial charge in [0.25, 0.3) is 5.56 Å². The number of aromatic amines is 1. The molecule has 2 aromatic carbocycles. The largest absolute Gasteiger partial charge is 0.497 e. The summed E-state index contributed by atoms with van der Waals surface area (Å²) in [6.45, 7) is 3.52. The Labute approximate surface area is 198 Å². The maximum Gasteiger partial charge on any atom is 0.253 e. The Kier molecular flexibility index (Phi) is 6.40. The minimum atomic E-state index is -0.379. The van der Waals surface area contributed by atoms with E-state index in [9.17, 15) is 4.79 Å². The van der Waals surface area contributed by atoms with Crippen molar-refractivity contribution in [3.05, 3.63) is 81.9 Å². The molecule has 0 saturated heterocycles. The number of rotatable bonds is 8. The first-order valence-electron chi connectivity index (χ1n) is 11.9. The predicted molar refractivity (Wildman–Crippen MR) is 131 cm³/mol. The molecule has 5 rings (SSSR count). The van der Waals surface area contributed by atoms with E-state index in [2.05, 4.69) is 44.5 Å². The van der Waals surface area contributed by atoms with Crippen molar-refractivity contribution in [1.82, 2.24) is 30.1 Å². The lowest BCUT2D eigenvalue weighted by atomic mass is 10.0. The number of benzene rings is 2. The molecule has 4 aromatic rings. The normalized spacial score (nSPS) is 15.3. The van der Waals surface area contributed by atoms with Crippen LogP contribution in [0.4, 0.5) is 0 Å². The number of nitrogens with zero attached hydrogens (tertiary/aromatic N) is 5. The van der Waals surface area contributed by atoms with Gasteiger partial charge in [0.15, 0.2) is 5.82 Å². The second kappa shape index (κ2) is 9.77. The lowest BCUT2D eigenvalue weighted by Crippen LogP contribution is -2.35. The van der Waals surface area contributed by atoms with Crippen LogP contribution in [0.25, 0.3) is 10.9 Å². The summed E-state index contributed by atoms with van der Waals surface area (Å²) in [6, 6.07) is 17.9. The van der Waals surface area contributed by atoms with Gasteiger partial charge >= 0.3 is 0 Å². The molecule has 0 aliphatic heterocycles. The lowest BCUT2D eigenvalue weighted by molar-refractivity contribution is 0.210. The summed E-state index contributed by atoms with van der Waals surface area (Å²) < 4.78 is 7.29. The van der Waals surface area contributed by atoms with Crippen LogP contribution in [-0.2, 0) is 6.54 Å². The van der Waals surface area contributed by atoms with Gasteiger partial charge in [0.05, 0.1) is 18.7 Å². The molecular formula is C26H30N6O2. The highest BCUT2D eigenvalue weighted by Crippen LogP contribution is 2.34. The van der Waals surface area contributed by atoms with E-state index in [1.54, 1.807) is 7.11 Å². The van der Waals surface area contributed by atoms with Crippen LogP contribution in [0, 0.1) is 0 Å². The topological polar surface area (TPSA) is 88.9 Å². The molecule has 1 atom stereocenters. The number of nitrogens with one attached hydrogen (secondary N) is 1. The molecule has 0 radical (unpaired) electrons. The fourth-order valence-corrected chi connectivity index (χ4v) is 5.02. The highest BCUT2D eigenvalue weighted by atomic mass is 16.5. The van der Waals surface area contributed by atoms with Crippen LogP contribution >= 0.6 is 0 Å². The summed E-state index contributed by atoms with van der Waals surface area (Å²) in [4.78, 5) is 18.8. The molecule has 0 bridgehead atoms. The van der Waals surface area contributed by atoms with Crippen LogP contribution in [0.3, 0.4) is 0 Å². The summed E-state index contributed by atoms with van der Waals surface area (Å²) in [7, 11) is 1.62. The van der Waals surface area contributed by atoms with Gasteiger partial charge in [-0.05, 0) is 59.0 Å². The van der Waals surface area contributed by atoms with E-state index < -0.39 is 0 Å². The first kappa shape index (κ1) is 22.3. The van der Waals surface area contributed by atoms with Crippen LogP contribution in [0.5, 0.6) is 5.75 Å². The number of ether oxygens (including phenoxy) is 1. The summed E-state index contributed by atoms with van der Waals surface area (Å²) in [5.74, 6) is 1.43. The Balaban J connectivity index is 1.64. The fourth-order valence-electron chi connectivity index (χ4n) is 5.02. The van der Waals surface area contributed by atoms with Crippen LogP contribution in [0.1, 0.15) is 61.6 Å². The monoisotopic (exact) mass is 458 g/mol. The first-order valence-corrected chi connectivity index (χ1v) is 11.9. The van der Waals surface area contributed by atoms with Crippen molar-refractivity contribution in [2.24, 2.45) is 0 Å². The molecular weight excluding hydrogens is 428 g/mol. The van der Waals surface area contributed by atoms with Crippen LogP contribution in [-0.4, -0.2) is 43.7 Å². The van der Waals surface area contributed by atoms with E-state index in [1.807, 2.05) is 47.1 Å². The minimum absolute atomic E-state index is 0.141. The third-order valence-corrected chi connectivity index (χ3v) is 6.81. The SMILES string of the molecule is CCN(Cc1ccccc1)C(c1cc2ccc(OC)cc2[nH]c1=O)c1nnnn1C1CCCC1. The molecule has 1 aliphatic carbocycles. The standard InChI is InChI=1S/C26H30N6O2/c1-3-31(17-18-9-5-4-6-10-18)24(25-28-29-30-32(25)20-11-7-8-12-20)22-15-19-13-14-21(34-2)16-23(19)27-26(22)33/h4-6,9-10,13-16,20,24H,3,7-8,11-12,17H2,1-2H3,(H,27,33). The Morgan fingerprint density at radius 1 is 1.15 bits per heavy atom. The maximum absolute atomic E-state index is 13.5. The summed E-state index contributed by atoms with van der Waals surface area (Å²) >= 11 is 0. The van der Waals surface area contributed by atoms with E-state index in [1.165, 1.54) is 18.4 Å². The quantitative estimate of drug-likeness (QED) is 0.425. The third kappa shape index (κ3) is 4.33. The van der Waals surface area contributed by atoms with E-state index in [4.69, 9.17) is 4.74 Å². The van der Waals surface area contributed by atoms with E-state index >= 15 is 0 Å². The van der Waals surface area contributed by atoms with Gasteiger partial charge in [0.1, 0.15) is 11.8 Å². The van der Waals surface area contributed by atoms with Crippen LogP contribution in [0.15, 0.2) is 59.4 Å². The molecule has 1 unspecified atom stereocenters. The molecule has 1 saturated carbocycles. The molecule has 1 N–H and O–H groups in total. The lowest BCUT2D eigenvalue weighted by Gasteiger charge is -2.30. The zero-order chi connectivity index (χ0) is 23.5. The van der Waals surface area contributed by atoms with E-state index in [-0.39, 0.29) is 17.6 Å². The van der Waals surface area contributed by atoms with Crippen molar-refractivity contribution in [2.45, 2.75) is 51.2 Å². The number of fused-ring (bicyclic) bond motifs is 1. The van der Waals surface area contributed by atoms with Gasteiger partial charge in [-0.15, -0.1) is 5.10 Å². The third-order valence-electron chi connectivity index (χ3n) is 6.81. The van der Waals surface area contributed by atoms with Gasteiger partial charge < -0.3 is 9.72 Å². The second-order valence-corrected chi connectivity index (χ2v) is 8.88. The Morgan fingerprint density at radius 2 is 1.94 bits per heavy atom. The summed E-state index contributed by atoms with van der Waals surface area (Å²) in [5, 5.41) is 13.9. The molecule has 1 aliphatic rings. The van der Waals surface area contributed by atoms with Crippen molar-refractivity contribution in [3.63, 3.8) is 0 Å². The van der Waals surface area contributed by atoms with Crippen LogP contribution < -0.4 is 10.3 Å². The zero-order valence-electron chi connectivity index (χ0n) is 19.6. The van der Waals surface area contributed by atoms with Crippen molar-refractivity contribution in [3.8, 4) is 5.75 Å². The number of tetrazole rings is 1. The summed E-state index contributed by atoms with van der Waals surface area (Å²) in [6.07, 6.45) is 4.47. The van der Waals surface area contributed by atoms with Crippen molar-refractivity contribution >= 4 is 10.9 Å². The van der Waals surface area contributed by atoms with Crippen molar-refractivity contribution in [2.75, 3.05) is 13.7 Å². The number of H-pyrrole nitrogens is 1. The number of methoxy groups -OCH3 is 1. The van der Waals surface area contributed by atoms with Gasteiger partial charge in [-0.25, -0.2) is 4.68 Å². The minimum Gasteiger partial charge on any atom is -0.497 e. The Hall–Kier alpha value is -3.52. The van der Waals surface area contributed by atoms with Crippen LogP contribution in [0.2, 0.25) is 0 Å². The molecule has 2 heterocycles. The average Bonchev–Trinajstić information content (AvgIpc) is 3.56. The van der Waals surface area contributed by atoms with Gasteiger partial charge in [-0.3, -0.25) is 9.69 Å². The predicted octanol–water partition coefficient (Wildman–Crippen LogP) is 4.25. The molecule has 34 heavy (non-hydrogen) atoms. The Bertz CT molecular complexity index is 1310. The van der Waals surface area contributed by atoms with Gasteiger partial charge in [0, 0.05) is 18.2 Å². The second-order valence-electron chi connectivity index (χ2n) is 8.88. The Morgan fingerprint density at radius 3 is 2.68 bits per heavy atom. The number of hydrogen-bond acceptors (Lipinski definition) is 6. The van der Waals surface area contributed by atoms with Gasteiger partial charge in [-0.1, -0.05) is 50.1 Å². The number of aromatic nitrogens is 5. The molecule has 8 heteroatoms. The molecule has 0 spiro atoms. The molecule has 2 aromatic heterocycles. The average molecular weight is 459 g/mol. The maximum atomic E-state index is 13.5. The molecule has 176 valence electrons. The highest BCUT2D eigenvalue weighted by Gasteiger charge is 2.32. The molecule has 1 fully saturated rings. The molecule has 0 amide bonds. The van der Waals surface area contributed by atoms with E-state index in [0.29, 0.717) is 17.9 Å². The van der Waals surface area contributed by atoms with Gasteiger partial charge in [-0.2, -0.15) is 0 Å². The molecule has 8 nitrogen and oxygen atoms in total. The fraction of sp³-hybridized carbons (Fsp3) is 0.385. The van der Waals surface area contributed by atoms with Gasteiger partial charge in [0.2, 0.25) is 0 Å². The number of hydrogen-bond donors (Lipinski definition) is 1. The highest BCUT2D eigenvalue weighted by molar-refractivity contribution is 5.80. The number of pyridine rings is 1. The first-order chi connectivity index (χ1) is 16.7. The summed E-state index contributed by atoms with van der Waals surface area (Å²) in [5.41, 5.74) is 2.42. The van der Waals surface area contributed by atoms with E-state index in [0.717, 1.165) is 36.1 Å². The van der Waals surface area contributed by atoms with Crippen molar-refractivity contribution < 1.29 is 4.74 Å². The zero-order valence-corrected chi connectivity index (χ0v) is 19.6. The van der Waals surface area contributed by atoms with Crippen molar-refractivity contribution in [1.29, 1.82) is 0 Å². The smallest absolute Gasteiger partial charge is 0.253 e.